The standard InChI is InChI=1S/C37H34O4/c38-32(24-9-1-2-10-24)19-17-28-21-26-13-5-7-15-30(26)34-35-31-16-8-6-14-27(31)22-29(37(35)41-23-40-36(28)34)18-20-33(39)25-11-3-4-12-25/h5-8,13-22,24-25H,1-4,9-12,23H2/b19-17-,20-18-. The van der Waals surface area contributed by atoms with E-state index in [1.807, 2.05) is 36.4 Å². The molecule has 41 heavy (non-hydrogen) atoms. The van der Waals surface area contributed by atoms with Crippen molar-refractivity contribution in [1.82, 2.24) is 0 Å². The van der Waals surface area contributed by atoms with Gasteiger partial charge in [-0.2, -0.15) is 0 Å². The fourth-order valence-corrected chi connectivity index (χ4v) is 6.94. The monoisotopic (exact) mass is 542 g/mol. The number of fused-ring (bicyclic) bond motifs is 7. The molecule has 0 aromatic heterocycles. The normalized spacial score (nSPS) is 17.6. The van der Waals surface area contributed by atoms with Crippen LogP contribution in [-0.2, 0) is 9.59 Å². The van der Waals surface area contributed by atoms with E-state index in [9.17, 15) is 9.59 Å². The van der Waals surface area contributed by atoms with Crippen LogP contribution in [0.1, 0.15) is 62.5 Å². The molecule has 0 atom stereocenters. The first-order valence-corrected chi connectivity index (χ1v) is 15.0. The molecule has 4 heteroatoms. The van der Waals surface area contributed by atoms with E-state index in [1.54, 1.807) is 12.2 Å². The van der Waals surface area contributed by atoms with Crippen LogP contribution in [-0.4, -0.2) is 18.4 Å². The Balaban J connectivity index is 1.42. The first kappa shape index (κ1) is 25.8. The van der Waals surface area contributed by atoms with Gasteiger partial charge >= 0.3 is 0 Å². The molecule has 4 aromatic carbocycles. The molecule has 2 saturated carbocycles. The van der Waals surface area contributed by atoms with E-state index in [4.69, 9.17) is 9.47 Å². The van der Waals surface area contributed by atoms with E-state index in [2.05, 4.69) is 36.4 Å². The highest BCUT2D eigenvalue weighted by atomic mass is 16.7. The summed E-state index contributed by atoms with van der Waals surface area (Å²) in [6, 6.07) is 20.8. The van der Waals surface area contributed by atoms with Crippen LogP contribution < -0.4 is 9.47 Å². The van der Waals surface area contributed by atoms with Gasteiger partial charge in [-0.15, -0.1) is 0 Å². The SMILES string of the molecule is O=C(/C=C\c1cc2ccccc2c2c1OCOc1c(/C=C\C(=O)C3CCCC3)cc3ccccc3c1-2)C1CCCC1. The number of carbonyl (C=O) groups is 2. The Morgan fingerprint density at radius 3 is 1.46 bits per heavy atom. The van der Waals surface area contributed by atoms with Gasteiger partial charge in [-0.1, -0.05) is 74.2 Å². The second kappa shape index (κ2) is 11.0. The molecular weight excluding hydrogens is 508 g/mol. The van der Waals surface area contributed by atoms with Crippen molar-refractivity contribution in [2.75, 3.05) is 6.79 Å². The Hall–Kier alpha value is -4.18. The van der Waals surface area contributed by atoms with Crippen LogP contribution in [0.4, 0.5) is 0 Å². The van der Waals surface area contributed by atoms with Gasteiger partial charge in [0.1, 0.15) is 11.5 Å². The van der Waals surface area contributed by atoms with E-state index >= 15 is 0 Å². The smallest absolute Gasteiger partial charge is 0.231 e. The van der Waals surface area contributed by atoms with Crippen LogP contribution in [0, 0.1) is 11.8 Å². The van der Waals surface area contributed by atoms with Gasteiger partial charge in [-0.25, -0.2) is 0 Å². The second-order valence-electron chi connectivity index (χ2n) is 11.6. The summed E-state index contributed by atoms with van der Waals surface area (Å²) in [6.45, 7) is 0.0332. The van der Waals surface area contributed by atoms with Crippen LogP contribution in [0.25, 0.3) is 44.8 Å². The van der Waals surface area contributed by atoms with Crippen LogP contribution in [0.5, 0.6) is 11.5 Å². The molecule has 1 heterocycles. The van der Waals surface area contributed by atoms with Crippen molar-refractivity contribution in [3.8, 4) is 22.6 Å². The number of carbonyl (C=O) groups excluding carboxylic acids is 2. The van der Waals surface area contributed by atoms with Crippen LogP contribution in [0.3, 0.4) is 0 Å². The topological polar surface area (TPSA) is 52.6 Å². The lowest BCUT2D eigenvalue weighted by atomic mass is 9.88. The summed E-state index contributed by atoms with van der Waals surface area (Å²) in [5.41, 5.74) is 3.64. The lowest BCUT2D eigenvalue weighted by Crippen LogP contribution is -2.07. The zero-order chi connectivity index (χ0) is 27.8. The molecule has 2 aliphatic carbocycles. The molecule has 4 aromatic rings. The van der Waals surface area contributed by atoms with E-state index in [-0.39, 0.29) is 30.2 Å². The van der Waals surface area contributed by atoms with E-state index in [0.717, 1.165) is 95.2 Å². The molecule has 2 fully saturated rings. The molecule has 0 amide bonds. The van der Waals surface area contributed by atoms with Gasteiger partial charge in [-0.05, 0) is 83.7 Å². The molecule has 3 aliphatic rings. The van der Waals surface area contributed by atoms with E-state index in [0.29, 0.717) is 11.5 Å². The minimum atomic E-state index is 0.0332. The maximum Gasteiger partial charge on any atom is 0.231 e. The van der Waals surface area contributed by atoms with Gasteiger partial charge < -0.3 is 9.47 Å². The van der Waals surface area contributed by atoms with Gasteiger partial charge in [0.25, 0.3) is 0 Å². The lowest BCUT2D eigenvalue weighted by Gasteiger charge is -2.17. The molecule has 4 nitrogen and oxygen atoms in total. The first-order chi connectivity index (χ1) is 20.2. The summed E-state index contributed by atoms with van der Waals surface area (Å²) in [4.78, 5) is 25.9. The van der Waals surface area contributed by atoms with Gasteiger partial charge in [0.15, 0.2) is 11.6 Å². The quantitative estimate of drug-likeness (QED) is 0.228. The Kier molecular flexibility index (Phi) is 6.92. The molecule has 1 aliphatic heterocycles. The Labute approximate surface area is 240 Å². The Morgan fingerprint density at radius 2 is 1.02 bits per heavy atom. The van der Waals surface area contributed by atoms with Gasteiger partial charge in [0, 0.05) is 34.1 Å². The largest absolute Gasteiger partial charge is 0.456 e. The van der Waals surface area contributed by atoms with Gasteiger partial charge in [0.05, 0.1) is 0 Å². The number of benzene rings is 4. The van der Waals surface area contributed by atoms with Crippen molar-refractivity contribution >= 4 is 45.3 Å². The summed E-state index contributed by atoms with van der Waals surface area (Å²) in [5.74, 6) is 2.07. The average Bonchev–Trinajstić information content (AvgIpc) is 3.71. The number of allylic oxidation sites excluding steroid dienone is 2. The number of hydrogen-bond acceptors (Lipinski definition) is 4. The van der Waals surface area contributed by atoms with Crippen LogP contribution >= 0.6 is 0 Å². The number of hydrogen-bond donors (Lipinski definition) is 0. The maximum absolute atomic E-state index is 13.0. The highest BCUT2D eigenvalue weighted by Crippen LogP contribution is 2.50. The van der Waals surface area contributed by atoms with Crippen LogP contribution in [0.2, 0.25) is 0 Å². The molecule has 0 bridgehead atoms. The summed E-state index contributed by atoms with van der Waals surface area (Å²) < 4.78 is 12.7. The molecule has 0 saturated heterocycles. The second-order valence-corrected chi connectivity index (χ2v) is 11.6. The third-order valence-corrected chi connectivity index (χ3v) is 9.09. The van der Waals surface area contributed by atoms with Crippen molar-refractivity contribution in [1.29, 1.82) is 0 Å². The summed E-state index contributed by atoms with van der Waals surface area (Å²) >= 11 is 0. The number of rotatable bonds is 6. The molecule has 0 spiro atoms. The van der Waals surface area contributed by atoms with Crippen LogP contribution in [0.15, 0.2) is 72.8 Å². The third kappa shape index (κ3) is 4.86. The Morgan fingerprint density at radius 1 is 0.610 bits per heavy atom. The lowest BCUT2D eigenvalue weighted by molar-refractivity contribution is -0.118. The first-order valence-electron chi connectivity index (χ1n) is 15.0. The third-order valence-electron chi connectivity index (χ3n) is 9.09. The van der Waals surface area contributed by atoms with Crippen molar-refractivity contribution in [3.63, 3.8) is 0 Å². The Bertz CT molecular complexity index is 1590. The average molecular weight is 543 g/mol. The minimum absolute atomic E-state index is 0.0332. The zero-order valence-corrected chi connectivity index (χ0v) is 23.2. The van der Waals surface area contributed by atoms with Crippen molar-refractivity contribution < 1.29 is 19.1 Å². The fraction of sp³-hybridized carbons (Fsp3) is 0.297. The molecule has 0 radical (unpaired) electrons. The minimum Gasteiger partial charge on any atom is -0.456 e. The predicted octanol–water partition coefficient (Wildman–Crippen LogP) is 8.93. The number of ketones is 2. The molecule has 206 valence electrons. The van der Waals surface area contributed by atoms with E-state index < -0.39 is 0 Å². The number of ether oxygens (including phenoxy) is 2. The van der Waals surface area contributed by atoms with E-state index in [1.165, 1.54) is 0 Å². The molecule has 0 N–H and O–H groups in total. The zero-order valence-electron chi connectivity index (χ0n) is 23.2. The molecule has 7 rings (SSSR count). The molecular formula is C37H34O4. The summed E-state index contributed by atoms with van der Waals surface area (Å²) in [7, 11) is 0. The molecule has 0 unspecified atom stereocenters. The predicted molar refractivity (Wildman–Crippen MR) is 165 cm³/mol. The van der Waals surface area contributed by atoms with Crippen molar-refractivity contribution in [3.05, 3.63) is 83.9 Å². The van der Waals surface area contributed by atoms with Gasteiger partial charge in [-0.3, -0.25) is 9.59 Å². The van der Waals surface area contributed by atoms with Crippen molar-refractivity contribution in [2.45, 2.75) is 51.4 Å². The highest BCUT2D eigenvalue weighted by molar-refractivity contribution is 6.13. The summed E-state index contributed by atoms with van der Waals surface area (Å²) in [5, 5.41) is 4.25. The summed E-state index contributed by atoms with van der Waals surface area (Å²) in [6.07, 6.45) is 15.7. The fourth-order valence-electron chi connectivity index (χ4n) is 6.94. The van der Waals surface area contributed by atoms with Gasteiger partial charge in [0.2, 0.25) is 6.79 Å². The highest BCUT2D eigenvalue weighted by Gasteiger charge is 2.27. The van der Waals surface area contributed by atoms with Crippen molar-refractivity contribution in [2.24, 2.45) is 11.8 Å². The maximum atomic E-state index is 13.0.